The molecule has 0 saturated heterocycles. The number of hydrogen-bond acceptors (Lipinski definition) is 4. The number of hydrogen-bond donors (Lipinski definition) is 1. The highest BCUT2D eigenvalue weighted by Gasteiger charge is 2.14. The largest absolute Gasteiger partial charge is 0.352 e. The van der Waals surface area contributed by atoms with E-state index in [1.807, 2.05) is 61.5 Å². The highest BCUT2D eigenvalue weighted by atomic mass is 16.2. The fourth-order valence-corrected chi connectivity index (χ4v) is 3.16. The molecule has 0 aliphatic heterocycles. The van der Waals surface area contributed by atoms with Gasteiger partial charge in [-0.15, -0.1) is 5.10 Å². The molecule has 7 heteroatoms. The third-order valence-electron chi connectivity index (χ3n) is 4.71. The van der Waals surface area contributed by atoms with E-state index in [1.54, 1.807) is 13.0 Å². The first-order valence-corrected chi connectivity index (χ1v) is 9.36. The van der Waals surface area contributed by atoms with Gasteiger partial charge >= 0.3 is 5.69 Å². The Hall–Kier alpha value is -3.74. The normalized spacial score (nSPS) is 11.0. The van der Waals surface area contributed by atoms with Gasteiger partial charge in [0.15, 0.2) is 5.65 Å². The molecule has 2 aromatic heterocycles. The summed E-state index contributed by atoms with van der Waals surface area (Å²) in [5.41, 5.74) is 3.92. The maximum absolute atomic E-state index is 12.7. The summed E-state index contributed by atoms with van der Waals surface area (Å²) in [4.78, 5) is 29.5. The topological polar surface area (TPSA) is 81.3 Å². The van der Waals surface area contributed by atoms with Crippen molar-refractivity contribution in [3.63, 3.8) is 0 Å². The first kappa shape index (κ1) is 18.6. The molecule has 2 heterocycles. The van der Waals surface area contributed by atoms with E-state index in [1.165, 1.54) is 9.08 Å². The van der Waals surface area contributed by atoms with E-state index in [-0.39, 0.29) is 18.1 Å². The fraction of sp³-hybridized carbons (Fsp3) is 0.182. The molecule has 2 aromatic carbocycles. The monoisotopic (exact) mass is 387 g/mol. The molecule has 0 saturated carbocycles. The summed E-state index contributed by atoms with van der Waals surface area (Å²) in [5.74, 6) is 0.252. The first-order chi connectivity index (χ1) is 14.0. The van der Waals surface area contributed by atoms with Gasteiger partial charge in [-0.2, -0.15) is 0 Å². The van der Waals surface area contributed by atoms with Crippen LogP contribution in [-0.2, 0) is 17.9 Å². The van der Waals surface area contributed by atoms with Gasteiger partial charge in [-0.1, -0.05) is 60.2 Å². The highest BCUT2D eigenvalue weighted by molar-refractivity contribution is 5.75. The van der Waals surface area contributed by atoms with Crippen molar-refractivity contribution in [3.8, 4) is 11.3 Å². The van der Waals surface area contributed by atoms with Crippen LogP contribution in [0.1, 0.15) is 17.0 Å². The number of nitrogens with one attached hydrogen (secondary N) is 1. The van der Waals surface area contributed by atoms with Crippen LogP contribution in [0.25, 0.3) is 16.9 Å². The van der Waals surface area contributed by atoms with Gasteiger partial charge in [-0.25, -0.2) is 18.9 Å². The lowest BCUT2D eigenvalue weighted by Crippen LogP contribution is -2.32. The smallest absolute Gasteiger partial charge is 0.350 e. The Kier molecular flexibility index (Phi) is 4.95. The van der Waals surface area contributed by atoms with Crippen LogP contribution in [0.4, 0.5) is 0 Å². The molecule has 7 nitrogen and oxygen atoms in total. The summed E-state index contributed by atoms with van der Waals surface area (Å²) < 4.78 is 2.59. The van der Waals surface area contributed by atoms with Crippen LogP contribution >= 0.6 is 0 Å². The van der Waals surface area contributed by atoms with Gasteiger partial charge in [0, 0.05) is 18.2 Å². The minimum absolute atomic E-state index is 0.146. The van der Waals surface area contributed by atoms with Crippen LogP contribution in [0.3, 0.4) is 0 Å². The SMILES string of the molecule is Cc1ccc(CNC(=O)Cn2nc3cc(-c4ccccc4)nc(C)n3c2=O)cc1. The summed E-state index contributed by atoms with van der Waals surface area (Å²) in [6, 6.07) is 19.4. The minimum atomic E-state index is -0.380. The molecule has 0 atom stereocenters. The minimum Gasteiger partial charge on any atom is -0.350 e. The van der Waals surface area contributed by atoms with Crippen LogP contribution < -0.4 is 11.0 Å². The molecule has 1 amide bonds. The molecule has 146 valence electrons. The van der Waals surface area contributed by atoms with Crippen molar-refractivity contribution < 1.29 is 4.79 Å². The Morgan fingerprint density at radius 3 is 2.48 bits per heavy atom. The Morgan fingerprint density at radius 2 is 1.76 bits per heavy atom. The van der Waals surface area contributed by atoms with E-state index in [0.717, 1.165) is 22.4 Å². The Labute approximate surface area is 167 Å². The molecule has 0 spiro atoms. The third kappa shape index (κ3) is 3.94. The molecule has 1 N–H and O–H groups in total. The zero-order valence-electron chi connectivity index (χ0n) is 16.3. The second-order valence-electron chi connectivity index (χ2n) is 6.95. The summed E-state index contributed by atoms with van der Waals surface area (Å²) >= 11 is 0. The predicted octanol–water partition coefficient (Wildman–Crippen LogP) is 2.49. The Balaban J connectivity index is 1.55. The second kappa shape index (κ2) is 7.71. The number of benzene rings is 2. The van der Waals surface area contributed by atoms with Gasteiger partial charge in [-0.3, -0.25) is 4.79 Å². The lowest BCUT2D eigenvalue weighted by Gasteiger charge is -2.05. The maximum atomic E-state index is 12.7. The number of nitrogens with zero attached hydrogens (tertiary/aromatic N) is 4. The number of carbonyl (C=O) groups excluding carboxylic acids is 1. The molecular formula is C22H21N5O2. The van der Waals surface area contributed by atoms with E-state index in [0.29, 0.717) is 18.0 Å². The number of rotatable bonds is 5. The molecule has 4 rings (SSSR count). The summed E-state index contributed by atoms with van der Waals surface area (Å²) in [7, 11) is 0. The van der Waals surface area contributed by atoms with Gasteiger partial charge in [-0.05, 0) is 19.4 Å². The van der Waals surface area contributed by atoms with Gasteiger partial charge in [0.05, 0.1) is 5.69 Å². The molecule has 4 aromatic rings. The zero-order chi connectivity index (χ0) is 20.4. The molecule has 0 radical (unpaired) electrons. The number of fused-ring (bicyclic) bond motifs is 1. The summed E-state index contributed by atoms with van der Waals surface area (Å²) in [6.45, 7) is 4.02. The van der Waals surface area contributed by atoms with E-state index >= 15 is 0 Å². The number of aromatic nitrogens is 4. The van der Waals surface area contributed by atoms with Crippen molar-refractivity contribution in [2.75, 3.05) is 0 Å². The van der Waals surface area contributed by atoms with Crippen LogP contribution in [0.5, 0.6) is 0 Å². The van der Waals surface area contributed by atoms with Crippen LogP contribution in [0.15, 0.2) is 65.5 Å². The average molecular weight is 387 g/mol. The lowest BCUT2D eigenvalue weighted by atomic mass is 10.1. The van der Waals surface area contributed by atoms with Crippen molar-refractivity contribution in [1.82, 2.24) is 24.5 Å². The van der Waals surface area contributed by atoms with Crippen LogP contribution in [0, 0.1) is 13.8 Å². The zero-order valence-corrected chi connectivity index (χ0v) is 16.3. The van der Waals surface area contributed by atoms with E-state index < -0.39 is 0 Å². The van der Waals surface area contributed by atoms with Crippen molar-refractivity contribution >= 4 is 11.6 Å². The standard InChI is InChI=1S/C22H21N5O2/c1-15-8-10-17(11-9-15)13-23-21(28)14-26-22(29)27-16(2)24-19(12-20(27)25-26)18-6-4-3-5-7-18/h3-12H,13-14H2,1-2H3,(H,23,28). The van der Waals surface area contributed by atoms with E-state index in [9.17, 15) is 9.59 Å². The van der Waals surface area contributed by atoms with Crippen molar-refractivity contribution in [3.05, 3.63) is 88.1 Å². The van der Waals surface area contributed by atoms with Gasteiger partial charge in [0.25, 0.3) is 0 Å². The lowest BCUT2D eigenvalue weighted by molar-refractivity contribution is -0.122. The van der Waals surface area contributed by atoms with Gasteiger partial charge < -0.3 is 5.32 Å². The quantitative estimate of drug-likeness (QED) is 0.570. The second-order valence-corrected chi connectivity index (χ2v) is 6.95. The number of carbonyl (C=O) groups is 1. The number of amides is 1. The van der Waals surface area contributed by atoms with Crippen molar-refractivity contribution in [2.45, 2.75) is 26.9 Å². The van der Waals surface area contributed by atoms with Crippen LogP contribution in [-0.4, -0.2) is 25.1 Å². The third-order valence-corrected chi connectivity index (χ3v) is 4.71. The van der Waals surface area contributed by atoms with Gasteiger partial charge in [0.1, 0.15) is 12.4 Å². The predicted molar refractivity (Wildman–Crippen MR) is 110 cm³/mol. The maximum Gasteiger partial charge on any atom is 0.352 e. The molecule has 0 unspecified atom stereocenters. The summed E-state index contributed by atoms with van der Waals surface area (Å²) in [6.07, 6.45) is 0. The van der Waals surface area contributed by atoms with E-state index in [4.69, 9.17) is 0 Å². The molecule has 29 heavy (non-hydrogen) atoms. The molecule has 0 aliphatic carbocycles. The highest BCUT2D eigenvalue weighted by Crippen LogP contribution is 2.18. The van der Waals surface area contributed by atoms with Crippen LogP contribution in [0.2, 0.25) is 0 Å². The first-order valence-electron chi connectivity index (χ1n) is 9.36. The Morgan fingerprint density at radius 1 is 1.03 bits per heavy atom. The average Bonchev–Trinajstić information content (AvgIpc) is 3.04. The molecule has 0 aliphatic rings. The molecular weight excluding hydrogens is 366 g/mol. The number of aryl methyl sites for hydroxylation is 2. The Bertz CT molecular complexity index is 1220. The van der Waals surface area contributed by atoms with Crippen molar-refractivity contribution in [1.29, 1.82) is 0 Å². The van der Waals surface area contributed by atoms with Gasteiger partial charge in [0.2, 0.25) is 5.91 Å². The fourth-order valence-electron chi connectivity index (χ4n) is 3.16. The molecule has 0 fully saturated rings. The molecule has 0 bridgehead atoms. The van der Waals surface area contributed by atoms with Crippen molar-refractivity contribution in [2.24, 2.45) is 0 Å². The summed E-state index contributed by atoms with van der Waals surface area (Å²) in [5, 5.41) is 7.16. The van der Waals surface area contributed by atoms with E-state index in [2.05, 4.69) is 15.4 Å².